The number of rotatable bonds is 5. The van der Waals surface area contributed by atoms with Gasteiger partial charge in [-0.3, -0.25) is 14.4 Å². The molecule has 0 bridgehead atoms. The molecule has 0 atom stereocenters. The van der Waals surface area contributed by atoms with Crippen LogP contribution in [0.15, 0.2) is 48.5 Å². The van der Waals surface area contributed by atoms with Crippen LogP contribution in [0.1, 0.15) is 20.7 Å². The molecule has 124 valence electrons. The third-order valence-electron chi connectivity index (χ3n) is 3.17. The summed E-state index contributed by atoms with van der Waals surface area (Å²) in [5.41, 5.74) is 1.45. The Balaban J connectivity index is 1.85. The zero-order chi connectivity index (χ0) is 17.5. The molecule has 3 N–H and O–H groups in total. The number of hydrogen-bond donors (Lipinski definition) is 3. The zero-order valence-corrected chi connectivity index (χ0v) is 13.7. The van der Waals surface area contributed by atoms with E-state index in [9.17, 15) is 14.4 Å². The summed E-state index contributed by atoms with van der Waals surface area (Å²) in [6.07, 6.45) is 0. The van der Waals surface area contributed by atoms with Gasteiger partial charge in [-0.15, -0.1) is 0 Å². The minimum atomic E-state index is -0.370. The van der Waals surface area contributed by atoms with E-state index in [1.54, 1.807) is 55.6 Å². The molecule has 0 radical (unpaired) electrons. The maximum absolute atomic E-state index is 11.9. The van der Waals surface area contributed by atoms with E-state index in [-0.39, 0.29) is 24.3 Å². The summed E-state index contributed by atoms with van der Waals surface area (Å²) in [7, 11) is 1.54. The molecule has 0 aliphatic carbocycles. The first-order valence-electron chi connectivity index (χ1n) is 7.15. The first-order valence-corrected chi connectivity index (χ1v) is 7.53. The Bertz CT molecular complexity index is 743. The highest BCUT2D eigenvalue weighted by Gasteiger charge is 2.09. The normalized spacial score (nSPS) is 9.92. The van der Waals surface area contributed by atoms with Crippen molar-refractivity contribution in [2.75, 3.05) is 18.9 Å². The number of carbonyl (C=O) groups is 3. The average molecular weight is 346 g/mol. The molecule has 0 saturated carbocycles. The standard InChI is InChI=1S/C17H16ClN3O3/c1-19-16(23)11-4-8-14(9-5-11)21-15(22)10-20-17(24)12-2-6-13(18)7-3-12/h2-9H,10H2,1H3,(H,19,23)(H,20,24)(H,21,22). The monoisotopic (exact) mass is 345 g/mol. The molecule has 7 heteroatoms. The van der Waals surface area contributed by atoms with Crippen molar-refractivity contribution in [2.24, 2.45) is 0 Å². The first-order chi connectivity index (χ1) is 11.5. The molecule has 0 aromatic heterocycles. The fourth-order valence-corrected chi connectivity index (χ4v) is 2.04. The molecule has 0 fully saturated rings. The molecular weight excluding hydrogens is 330 g/mol. The molecule has 0 heterocycles. The summed E-state index contributed by atoms with van der Waals surface area (Å²) < 4.78 is 0. The lowest BCUT2D eigenvalue weighted by molar-refractivity contribution is -0.115. The number of benzene rings is 2. The van der Waals surface area contributed by atoms with Gasteiger partial charge in [-0.25, -0.2) is 0 Å². The van der Waals surface area contributed by atoms with Gasteiger partial charge in [-0.2, -0.15) is 0 Å². The Morgan fingerprint density at radius 3 is 2.00 bits per heavy atom. The van der Waals surface area contributed by atoms with Crippen molar-refractivity contribution < 1.29 is 14.4 Å². The van der Waals surface area contributed by atoms with E-state index in [1.165, 1.54) is 0 Å². The summed E-state index contributed by atoms with van der Waals surface area (Å²) in [5.74, 6) is -0.940. The van der Waals surface area contributed by atoms with Crippen LogP contribution in [0.3, 0.4) is 0 Å². The first kappa shape index (κ1) is 17.5. The zero-order valence-electron chi connectivity index (χ0n) is 12.9. The maximum atomic E-state index is 11.9. The molecule has 2 aromatic carbocycles. The Morgan fingerprint density at radius 2 is 1.42 bits per heavy atom. The fourth-order valence-electron chi connectivity index (χ4n) is 1.92. The number of amides is 3. The van der Waals surface area contributed by atoms with Crippen molar-refractivity contribution in [3.63, 3.8) is 0 Å². The highest BCUT2D eigenvalue weighted by atomic mass is 35.5. The molecule has 2 rings (SSSR count). The van der Waals surface area contributed by atoms with E-state index in [1.807, 2.05) is 0 Å². The largest absolute Gasteiger partial charge is 0.355 e. The molecule has 6 nitrogen and oxygen atoms in total. The number of anilines is 1. The van der Waals surface area contributed by atoms with Crippen molar-refractivity contribution in [2.45, 2.75) is 0 Å². The summed E-state index contributed by atoms with van der Waals surface area (Å²) in [6, 6.07) is 12.8. The lowest BCUT2D eigenvalue weighted by Crippen LogP contribution is -2.32. The van der Waals surface area contributed by atoms with Crippen LogP contribution < -0.4 is 16.0 Å². The molecular formula is C17H16ClN3O3. The van der Waals surface area contributed by atoms with Gasteiger partial charge in [0.25, 0.3) is 11.8 Å². The van der Waals surface area contributed by atoms with Gasteiger partial charge in [0, 0.05) is 28.9 Å². The molecule has 0 aliphatic heterocycles. The van der Waals surface area contributed by atoms with Gasteiger partial charge in [0.15, 0.2) is 0 Å². The summed E-state index contributed by atoms with van der Waals surface area (Å²) in [4.78, 5) is 35.2. The fraction of sp³-hybridized carbons (Fsp3) is 0.118. The van der Waals surface area contributed by atoms with Gasteiger partial charge < -0.3 is 16.0 Å². The van der Waals surface area contributed by atoms with Crippen LogP contribution >= 0.6 is 11.6 Å². The number of nitrogens with one attached hydrogen (secondary N) is 3. The number of hydrogen-bond acceptors (Lipinski definition) is 3. The van der Waals surface area contributed by atoms with Crippen molar-refractivity contribution in [3.05, 3.63) is 64.7 Å². The van der Waals surface area contributed by atoms with Gasteiger partial charge >= 0.3 is 0 Å². The summed E-state index contributed by atoms with van der Waals surface area (Å²) in [5, 5.41) is 8.20. The summed E-state index contributed by atoms with van der Waals surface area (Å²) in [6.45, 7) is -0.168. The van der Waals surface area contributed by atoms with Gasteiger partial charge in [0.1, 0.15) is 0 Å². The Morgan fingerprint density at radius 1 is 0.875 bits per heavy atom. The van der Waals surface area contributed by atoms with E-state index in [0.29, 0.717) is 21.8 Å². The van der Waals surface area contributed by atoms with Crippen LogP contribution in [0.25, 0.3) is 0 Å². The van der Waals surface area contributed by atoms with Crippen molar-refractivity contribution in [3.8, 4) is 0 Å². The van der Waals surface area contributed by atoms with E-state index in [4.69, 9.17) is 11.6 Å². The average Bonchev–Trinajstić information content (AvgIpc) is 2.60. The highest BCUT2D eigenvalue weighted by molar-refractivity contribution is 6.30. The predicted octanol–water partition coefficient (Wildman–Crippen LogP) is 2.07. The molecule has 3 amide bonds. The van der Waals surface area contributed by atoms with Crippen LogP contribution in [-0.4, -0.2) is 31.3 Å². The molecule has 0 unspecified atom stereocenters. The summed E-state index contributed by atoms with van der Waals surface area (Å²) >= 11 is 5.75. The molecule has 0 saturated heterocycles. The number of carbonyl (C=O) groups excluding carboxylic acids is 3. The lowest BCUT2D eigenvalue weighted by atomic mass is 10.2. The topological polar surface area (TPSA) is 87.3 Å². The lowest BCUT2D eigenvalue weighted by Gasteiger charge is -2.08. The third kappa shape index (κ3) is 4.82. The Labute approximate surface area is 144 Å². The van der Waals surface area contributed by atoms with Crippen LogP contribution in [0.4, 0.5) is 5.69 Å². The van der Waals surface area contributed by atoms with E-state index >= 15 is 0 Å². The van der Waals surface area contributed by atoms with Crippen LogP contribution in [-0.2, 0) is 4.79 Å². The van der Waals surface area contributed by atoms with Crippen LogP contribution in [0.5, 0.6) is 0 Å². The third-order valence-corrected chi connectivity index (χ3v) is 3.43. The molecule has 2 aromatic rings. The quantitative estimate of drug-likeness (QED) is 0.775. The second kappa shape index (κ2) is 8.12. The Hall–Kier alpha value is -2.86. The molecule has 24 heavy (non-hydrogen) atoms. The van der Waals surface area contributed by atoms with Crippen molar-refractivity contribution in [1.82, 2.24) is 10.6 Å². The predicted molar refractivity (Wildman–Crippen MR) is 92.2 cm³/mol. The second-order valence-corrected chi connectivity index (χ2v) is 5.33. The minimum Gasteiger partial charge on any atom is -0.355 e. The van der Waals surface area contributed by atoms with Gasteiger partial charge in [0.05, 0.1) is 6.54 Å². The van der Waals surface area contributed by atoms with Gasteiger partial charge in [0.2, 0.25) is 5.91 Å². The van der Waals surface area contributed by atoms with Gasteiger partial charge in [-0.05, 0) is 48.5 Å². The van der Waals surface area contributed by atoms with Crippen LogP contribution in [0.2, 0.25) is 5.02 Å². The van der Waals surface area contributed by atoms with Crippen LogP contribution in [0, 0.1) is 0 Å². The van der Waals surface area contributed by atoms with E-state index in [2.05, 4.69) is 16.0 Å². The highest BCUT2D eigenvalue weighted by Crippen LogP contribution is 2.10. The maximum Gasteiger partial charge on any atom is 0.251 e. The smallest absolute Gasteiger partial charge is 0.251 e. The number of halogens is 1. The van der Waals surface area contributed by atoms with E-state index in [0.717, 1.165) is 0 Å². The second-order valence-electron chi connectivity index (χ2n) is 4.89. The molecule has 0 spiro atoms. The molecule has 0 aliphatic rings. The SMILES string of the molecule is CNC(=O)c1ccc(NC(=O)CNC(=O)c2ccc(Cl)cc2)cc1. The van der Waals surface area contributed by atoms with Gasteiger partial charge in [-0.1, -0.05) is 11.6 Å². The van der Waals surface area contributed by atoms with E-state index < -0.39 is 0 Å². The van der Waals surface area contributed by atoms with Crippen molar-refractivity contribution >= 4 is 35.0 Å². The Kier molecular flexibility index (Phi) is 5.92. The minimum absolute atomic E-state index is 0.168. The van der Waals surface area contributed by atoms with Crippen molar-refractivity contribution in [1.29, 1.82) is 0 Å².